The van der Waals surface area contributed by atoms with Crippen LogP contribution in [0.25, 0.3) is 43.1 Å². The van der Waals surface area contributed by atoms with Gasteiger partial charge in [-0.25, -0.2) is 0 Å². The smallest absolute Gasteiger partial charge is 0.306 e. The molecule has 2 atom stereocenters. The molecule has 0 saturated heterocycles. The zero-order valence-electron chi connectivity index (χ0n) is 69.4. The van der Waals surface area contributed by atoms with Gasteiger partial charge in [-0.15, -0.1) is 0 Å². The molecule has 0 saturated carbocycles. The molecule has 2 aliphatic heterocycles. The summed E-state index contributed by atoms with van der Waals surface area (Å²) in [4.78, 5) is 194. The lowest BCUT2D eigenvalue weighted by Crippen LogP contribution is -2.52. The molecule has 7 rings (SSSR count). The summed E-state index contributed by atoms with van der Waals surface area (Å²) in [5.74, 6) is -7.75. The summed E-state index contributed by atoms with van der Waals surface area (Å²) in [7, 11) is 0. The van der Waals surface area contributed by atoms with Crippen molar-refractivity contribution in [2.45, 2.75) is 324 Å². The van der Waals surface area contributed by atoms with E-state index in [0.29, 0.717) is 81.6 Å². The minimum atomic E-state index is -1.24. The van der Waals surface area contributed by atoms with Gasteiger partial charge in [0.05, 0.1) is 0 Å². The van der Waals surface area contributed by atoms with E-state index in [-0.39, 0.29) is 137 Å². The van der Waals surface area contributed by atoms with E-state index in [1.807, 2.05) is 0 Å². The van der Waals surface area contributed by atoms with Gasteiger partial charge in [0.1, 0.15) is 45.7 Å². The average Bonchev–Trinajstić information content (AvgIpc) is 0.689. The lowest BCUT2D eigenvalue weighted by atomic mass is 9.82. The highest BCUT2D eigenvalue weighted by molar-refractivity contribution is 6.41. The van der Waals surface area contributed by atoms with Crippen molar-refractivity contribution in [1.29, 1.82) is 0 Å². The maximum atomic E-state index is 14.6. The van der Waals surface area contributed by atoms with Gasteiger partial charge in [0.25, 0.3) is 23.6 Å². The summed E-state index contributed by atoms with van der Waals surface area (Å²) in [5.41, 5.74) is -6.34. The standard InChI is InChI=1S/C86H118N6O20/c1-51(73(101)87-49-25-21-23-27-61(93)89-85(43-37-63(95)107-79(3,4)5,44-38-64(96)108-80(6,7)8)45-39-65(97)109-81(9,10)11)91-75(103)57-33-29-53-55-31-35-59-72-60(36-32-56(70(55)72)54-30-34-58(76(91)104)71(57)69(53)54)78(106)92(77(59)105)52(2)74(102)88-50-26-22-24-28-62(94)90-86(46-40-66(98)110-82(12,13)14,47-41-67(99)111-83(15,16)17)48-42-68(100)112-84(18,19)20/h29-36,51-52H,21-28,37-50H2,1-20H3,(H,87,101)(H,88,102)(H,89,93)(H,90,94)/t51-,52-/m0/s1. The first-order valence-electron chi connectivity index (χ1n) is 39.2. The third-order valence-corrected chi connectivity index (χ3v) is 19.2. The molecule has 0 fully saturated rings. The van der Waals surface area contributed by atoms with Crippen molar-refractivity contribution < 1.29 is 95.5 Å². The Morgan fingerprint density at radius 2 is 0.518 bits per heavy atom. The molecule has 26 heteroatoms. The van der Waals surface area contributed by atoms with Crippen molar-refractivity contribution >= 4 is 126 Å². The second-order valence-electron chi connectivity index (χ2n) is 35.8. The first-order valence-corrected chi connectivity index (χ1v) is 39.2. The molecule has 0 aliphatic carbocycles. The number of carbonyl (C=O) groups is 14. The molecular formula is C86H118N6O20. The number of fused-ring (bicyclic) bond motifs is 2. The van der Waals surface area contributed by atoms with Gasteiger partial charge in [0, 0.05) is 109 Å². The molecule has 0 spiro atoms. The van der Waals surface area contributed by atoms with Crippen LogP contribution in [0.1, 0.15) is 308 Å². The summed E-state index contributed by atoms with van der Waals surface area (Å²) >= 11 is 0. The van der Waals surface area contributed by atoms with Crippen LogP contribution in [-0.2, 0) is 76.4 Å². The number of benzene rings is 5. The number of nitrogens with one attached hydrogen (secondary N) is 4. The summed E-state index contributed by atoms with van der Waals surface area (Å²) < 4.78 is 33.5. The predicted octanol–water partition coefficient (Wildman–Crippen LogP) is 13.5. The van der Waals surface area contributed by atoms with Gasteiger partial charge < -0.3 is 49.7 Å². The Hall–Kier alpha value is -9.62. The third kappa shape index (κ3) is 24.7. The fourth-order valence-electron chi connectivity index (χ4n) is 14.4. The van der Waals surface area contributed by atoms with Crippen molar-refractivity contribution in [3.8, 4) is 0 Å². The lowest BCUT2D eigenvalue weighted by molar-refractivity contribution is -0.158. The fraction of sp³-hybridized carbons (Fsp3) is 0.605. The highest BCUT2D eigenvalue weighted by atomic mass is 16.6. The number of esters is 6. The van der Waals surface area contributed by atoms with E-state index >= 15 is 0 Å². The second-order valence-corrected chi connectivity index (χ2v) is 35.8. The molecule has 5 aromatic rings. The maximum absolute atomic E-state index is 14.6. The van der Waals surface area contributed by atoms with E-state index in [1.54, 1.807) is 173 Å². The van der Waals surface area contributed by atoms with E-state index in [4.69, 9.17) is 28.4 Å². The van der Waals surface area contributed by atoms with Gasteiger partial charge in [0.2, 0.25) is 23.6 Å². The normalized spacial score (nSPS) is 14.3. The summed E-state index contributed by atoms with van der Waals surface area (Å²) in [6.07, 6.45) is 2.26. The van der Waals surface area contributed by atoms with E-state index in [2.05, 4.69) is 21.3 Å². The maximum Gasteiger partial charge on any atom is 0.306 e. The minimum absolute atomic E-state index is 0.0309. The molecule has 0 radical (unpaired) electrons. The summed E-state index contributed by atoms with van der Waals surface area (Å²) in [6, 6.07) is 11.0. The monoisotopic (exact) mass is 1550 g/mol. The van der Waals surface area contributed by atoms with Crippen LogP contribution in [0.5, 0.6) is 0 Å². The first-order chi connectivity index (χ1) is 51.8. The van der Waals surface area contributed by atoms with E-state index in [9.17, 15) is 67.1 Å². The van der Waals surface area contributed by atoms with Crippen LogP contribution >= 0.6 is 0 Å². The van der Waals surface area contributed by atoms with Gasteiger partial charge in [-0.05, 0) is 259 Å². The Morgan fingerprint density at radius 1 is 0.304 bits per heavy atom. The van der Waals surface area contributed by atoms with Crippen LogP contribution in [0.4, 0.5) is 0 Å². The molecule has 8 amide bonds. The molecule has 612 valence electrons. The van der Waals surface area contributed by atoms with Gasteiger partial charge in [-0.1, -0.05) is 37.1 Å². The Morgan fingerprint density at radius 3 is 0.723 bits per heavy atom. The van der Waals surface area contributed by atoms with Crippen LogP contribution in [-0.4, -0.2) is 163 Å². The third-order valence-electron chi connectivity index (χ3n) is 19.2. The Kier molecular flexibility index (Phi) is 28.8. The van der Waals surface area contributed by atoms with Crippen LogP contribution in [0.2, 0.25) is 0 Å². The number of rotatable bonds is 36. The Labute approximate surface area is 657 Å². The van der Waals surface area contributed by atoms with Gasteiger partial charge in [-0.3, -0.25) is 76.9 Å². The van der Waals surface area contributed by atoms with Gasteiger partial charge >= 0.3 is 35.8 Å². The van der Waals surface area contributed by atoms with Gasteiger partial charge in [0.15, 0.2) is 0 Å². The van der Waals surface area contributed by atoms with E-state index in [0.717, 1.165) is 9.80 Å². The number of ether oxygens (including phenoxy) is 6. The van der Waals surface area contributed by atoms with Crippen molar-refractivity contribution in [3.05, 3.63) is 70.8 Å². The van der Waals surface area contributed by atoms with Crippen molar-refractivity contribution in [1.82, 2.24) is 31.1 Å². The summed E-state index contributed by atoms with van der Waals surface area (Å²) in [6.45, 7) is 34.5. The van der Waals surface area contributed by atoms with Crippen LogP contribution in [0.15, 0.2) is 48.5 Å². The fourth-order valence-corrected chi connectivity index (χ4v) is 14.4. The quantitative estimate of drug-likeness (QED) is 0.00722. The zero-order valence-corrected chi connectivity index (χ0v) is 69.4. The first kappa shape index (κ1) is 89.6. The molecule has 0 unspecified atom stereocenters. The molecule has 5 aromatic carbocycles. The predicted molar refractivity (Wildman–Crippen MR) is 423 cm³/mol. The van der Waals surface area contributed by atoms with Crippen LogP contribution < -0.4 is 21.3 Å². The molecular weight excluding hydrogens is 1440 g/mol. The number of carbonyl (C=O) groups excluding carboxylic acids is 14. The molecule has 0 bridgehead atoms. The number of hydrogen-bond donors (Lipinski definition) is 4. The molecule has 112 heavy (non-hydrogen) atoms. The van der Waals surface area contributed by atoms with Gasteiger partial charge in [-0.2, -0.15) is 0 Å². The zero-order chi connectivity index (χ0) is 83.6. The average molecular weight is 1560 g/mol. The largest absolute Gasteiger partial charge is 0.460 e. The van der Waals surface area contributed by atoms with E-state index in [1.165, 1.54) is 13.8 Å². The molecule has 0 aromatic heterocycles. The Balaban J connectivity index is 0.971. The molecule has 2 heterocycles. The molecule has 2 aliphatic rings. The number of imide groups is 2. The van der Waals surface area contributed by atoms with Crippen molar-refractivity contribution in [2.24, 2.45) is 0 Å². The van der Waals surface area contributed by atoms with Crippen LogP contribution in [0, 0.1) is 0 Å². The minimum Gasteiger partial charge on any atom is -0.460 e. The molecule has 4 N–H and O–H groups in total. The molecule has 26 nitrogen and oxygen atoms in total. The Bertz CT molecular complexity index is 3860. The SMILES string of the molecule is C[C@@H](C(=O)NCCCCCC(=O)NC(CCC(=O)OC(C)(C)C)(CCC(=O)OC(C)(C)C)CCC(=O)OC(C)(C)C)N1C(=O)c2ccc3c4ccc5c6c(ccc(c7ccc(c2c37)C1=O)c64)C(=O)N([C@@H](C)C(=O)NCCCCCC(=O)NC(CCC(=O)OC(C)(C)C)(CCC(=O)OC(C)(C)C)CCC(=O)OC(C)(C)C)C5=O. The highest BCUT2D eigenvalue weighted by Crippen LogP contribution is 2.47. The lowest BCUT2D eigenvalue weighted by Gasteiger charge is -2.36. The second kappa shape index (κ2) is 36.0. The number of hydrogen-bond acceptors (Lipinski definition) is 20. The number of unbranched alkanes of at least 4 members (excludes halogenated alkanes) is 4. The number of nitrogens with zero attached hydrogens (tertiary/aromatic N) is 2. The van der Waals surface area contributed by atoms with Crippen LogP contribution in [0.3, 0.4) is 0 Å². The summed E-state index contributed by atoms with van der Waals surface area (Å²) in [5, 5.41) is 16.4. The van der Waals surface area contributed by atoms with Crippen molar-refractivity contribution in [2.75, 3.05) is 13.1 Å². The van der Waals surface area contributed by atoms with Crippen molar-refractivity contribution in [3.63, 3.8) is 0 Å². The number of amides is 8. The highest BCUT2D eigenvalue weighted by Gasteiger charge is 2.44. The topological polar surface area (TPSA) is 349 Å². The van der Waals surface area contributed by atoms with E-state index < -0.39 is 128 Å².